The minimum absolute atomic E-state index is 0.0893. The topological polar surface area (TPSA) is 98.1 Å². The molecular formula is C24H29N3O4S. The Hall–Kier alpha value is -2.36. The highest BCUT2D eigenvalue weighted by atomic mass is 32.3. The van der Waals surface area contributed by atoms with Gasteiger partial charge in [0, 0.05) is 36.8 Å². The number of anilines is 2. The highest BCUT2D eigenvalue weighted by molar-refractivity contribution is 8.24. The van der Waals surface area contributed by atoms with Crippen LogP contribution in [0.3, 0.4) is 0 Å². The zero-order chi connectivity index (χ0) is 22.3. The van der Waals surface area contributed by atoms with Crippen molar-refractivity contribution in [1.82, 2.24) is 4.98 Å². The van der Waals surface area contributed by atoms with Gasteiger partial charge in [-0.2, -0.15) is 10.6 Å². The van der Waals surface area contributed by atoms with E-state index in [2.05, 4.69) is 23.2 Å². The summed E-state index contributed by atoms with van der Waals surface area (Å²) in [4.78, 5) is 7.68. The standard InChI is InChI=1S/C24H29N3O4S/c1-17-6-7-20-19(12-17)21(26-24(8-10-28)15-31-16-24)13-23(25-20)27-9-11-32(29,30)22-5-3-2-4-18(22)14-27/h2-7,12-13,28-30H,8-11,14-16H2,1H3,(H,25,26). The first-order valence-electron chi connectivity index (χ1n) is 10.9. The third-order valence-corrected chi connectivity index (χ3v) is 8.21. The van der Waals surface area contributed by atoms with Gasteiger partial charge in [0.25, 0.3) is 0 Å². The van der Waals surface area contributed by atoms with Crippen molar-refractivity contribution in [1.29, 1.82) is 0 Å². The molecule has 32 heavy (non-hydrogen) atoms. The molecule has 0 aliphatic carbocycles. The smallest absolute Gasteiger partial charge is 0.131 e. The maximum atomic E-state index is 10.7. The second kappa shape index (κ2) is 8.20. The summed E-state index contributed by atoms with van der Waals surface area (Å²) in [5.41, 5.74) is 3.60. The van der Waals surface area contributed by atoms with Gasteiger partial charge in [0.2, 0.25) is 0 Å². The summed E-state index contributed by atoms with van der Waals surface area (Å²) in [6.45, 7) is 4.30. The average Bonchev–Trinajstić information content (AvgIpc) is 2.88. The largest absolute Gasteiger partial charge is 0.396 e. The monoisotopic (exact) mass is 455 g/mol. The molecule has 1 saturated heterocycles. The zero-order valence-electron chi connectivity index (χ0n) is 18.1. The van der Waals surface area contributed by atoms with Crippen LogP contribution in [-0.2, 0) is 11.3 Å². The van der Waals surface area contributed by atoms with Gasteiger partial charge in [-0.1, -0.05) is 29.8 Å². The first-order chi connectivity index (χ1) is 15.4. The van der Waals surface area contributed by atoms with E-state index in [4.69, 9.17) is 9.72 Å². The lowest BCUT2D eigenvalue weighted by atomic mass is 9.92. The summed E-state index contributed by atoms with van der Waals surface area (Å²) in [6.07, 6.45) is 0.607. The van der Waals surface area contributed by atoms with Crippen LogP contribution in [0.2, 0.25) is 0 Å². The minimum atomic E-state index is -2.84. The summed E-state index contributed by atoms with van der Waals surface area (Å²) in [6, 6.07) is 15.8. The summed E-state index contributed by atoms with van der Waals surface area (Å²) in [5.74, 6) is 1.05. The fraction of sp³-hybridized carbons (Fsp3) is 0.375. The predicted molar refractivity (Wildman–Crippen MR) is 129 cm³/mol. The van der Waals surface area contributed by atoms with Crippen LogP contribution in [0.25, 0.3) is 10.9 Å². The van der Waals surface area contributed by atoms with E-state index >= 15 is 0 Å². The van der Waals surface area contributed by atoms with Crippen LogP contribution < -0.4 is 10.2 Å². The van der Waals surface area contributed by atoms with Gasteiger partial charge in [-0.05, 0) is 37.1 Å². The number of pyridine rings is 1. The molecule has 0 saturated carbocycles. The van der Waals surface area contributed by atoms with E-state index in [1.165, 1.54) is 0 Å². The van der Waals surface area contributed by atoms with Crippen LogP contribution in [0.4, 0.5) is 11.5 Å². The molecule has 0 unspecified atom stereocenters. The number of aliphatic hydroxyl groups is 1. The first kappa shape index (κ1) is 21.5. The van der Waals surface area contributed by atoms with Crippen molar-refractivity contribution in [2.24, 2.45) is 0 Å². The van der Waals surface area contributed by atoms with Gasteiger partial charge >= 0.3 is 0 Å². The van der Waals surface area contributed by atoms with E-state index in [0.29, 0.717) is 37.6 Å². The van der Waals surface area contributed by atoms with Crippen LogP contribution in [0, 0.1) is 6.92 Å². The summed E-state index contributed by atoms with van der Waals surface area (Å²) in [7, 11) is -2.84. The Morgan fingerprint density at radius 3 is 2.72 bits per heavy atom. The van der Waals surface area contributed by atoms with Gasteiger partial charge in [-0.3, -0.25) is 9.11 Å². The van der Waals surface area contributed by atoms with Crippen molar-refractivity contribution in [2.45, 2.75) is 30.3 Å². The molecule has 4 N–H and O–H groups in total. The number of aliphatic hydroxyl groups excluding tert-OH is 1. The number of hydrogen-bond donors (Lipinski definition) is 4. The van der Waals surface area contributed by atoms with E-state index in [1.54, 1.807) is 0 Å². The molecule has 2 aliphatic rings. The highest BCUT2D eigenvalue weighted by Crippen LogP contribution is 2.51. The molecule has 3 heterocycles. The molecule has 3 aromatic rings. The number of aryl methyl sites for hydroxylation is 1. The quantitative estimate of drug-likeness (QED) is 0.457. The van der Waals surface area contributed by atoms with Gasteiger partial charge in [0.1, 0.15) is 5.82 Å². The van der Waals surface area contributed by atoms with E-state index in [1.807, 2.05) is 42.5 Å². The average molecular weight is 456 g/mol. The minimum Gasteiger partial charge on any atom is -0.396 e. The molecular weight excluding hydrogens is 426 g/mol. The Kier molecular flexibility index (Phi) is 5.51. The lowest BCUT2D eigenvalue weighted by Crippen LogP contribution is -2.56. The van der Waals surface area contributed by atoms with Crippen molar-refractivity contribution in [3.8, 4) is 0 Å². The molecule has 0 spiro atoms. The number of ether oxygens (including phenoxy) is 1. The fourth-order valence-electron chi connectivity index (χ4n) is 4.50. The molecule has 0 atom stereocenters. The molecule has 7 nitrogen and oxygen atoms in total. The van der Waals surface area contributed by atoms with Crippen LogP contribution in [0.1, 0.15) is 17.5 Å². The molecule has 2 aliphatic heterocycles. The molecule has 1 fully saturated rings. The molecule has 0 bridgehead atoms. The maximum absolute atomic E-state index is 10.7. The third-order valence-electron chi connectivity index (χ3n) is 6.35. The van der Waals surface area contributed by atoms with E-state index in [-0.39, 0.29) is 17.9 Å². The summed E-state index contributed by atoms with van der Waals surface area (Å²) >= 11 is 0. The molecule has 8 heteroatoms. The zero-order valence-corrected chi connectivity index (χ0v) is 18.9. The van der Waals surface area contributed by atoms with Gasteiger partial charge < -0.3 is 20.1 Å². The fourth-order valence-corrected chi connectivity index (χ4v) is 6.04. The predicted octanol–water partition coefficient (Wildman–Crippen LogP) is 4.24. The van der Waals surface area contributed by atoms with Crippen LogP contribution >= 0.6 is 10.6 Å². The second-order valence-corrected chi connectivity index (χ2v) is 11.0. The number of benzene rings is 2. The van der Waals surface area contributed by atoms with Crippen molar-refractivity contribution in [3.63, 3.8) is 0 Å². The number of nitrogens with zero attached hydrogens (tertiary/aromatic N) is 2. The van der Waals surface area contributed by atoms with Crippen LogP contribution in [-0.4, -0.2) is 56.9 Å². The summed E-state index contributed by atoms with van der Waals surface area (Å²) < 4.78 is 26.9. The molecule has 0 amide bonds. The van der Waals surface area contributed by atoms with E-state index in [0.717, 1.165) is 33.5 Å². The molecule has 2 aromatic carbocycles. The Bertz CT molecular complexity index is 1150. The number of fused-ring (bicyclic) bond motifs is 2. The van der Waals surface area contributed by atoms with Gasteiger partial charge in [0.15, 0.2) is 0 Å². The molecule has 170 valence electrons. The maximum Gasteiger partial charge on any atom is 0.131 e. The SMILES string of the molecule is Cc1ccc2nc(N3CCS(O)(O)c4ccccc4C3)cc(NC3(CCO)COC3)c2c1. The van der Waals surface area contributed by atoms with Gasteiger partial charge in [0.05, 0.1) is 34.9 Å². The van der Waals surface area contributed by atoms with Crippen molar-refractivity contribution in [2.75, 3.05) is 42.3 Å². The number of nitrogens with one attached hydrogen (secondary N) is 1. The Morgan fingerprint density at radius 1 is 1.16 bits per heavy atom. The summed E-state index contributed by atoms with van der Waals surface area (Å²) in [5, 5.41) is 14.2. The van der Waals surface area contributed by atoms with Crippen molar-refractivity contribution < 1.29 is 18.9 Å². The van der Waals surface area contributed by atoms with E-state index in [9.17, 15) is 14.2 Å². The Labute approximate surface area is 189 Å². The van der Waals surface area contributed by atoms with Crippen molar-refractivity contribution in [3.05, 3.63) is 59.7 Å². The Balaban J connectivity index is 1.57. The Morgan fingerprint density at radius 2 is 1.97 bits per heavy atom. The van der Waals surface area contributed by atoms with Crippen molar-refractivity contribution >= 4 is 33.0 Å². The molecule has 0 radical (unpaired) electrons. The molecule has 5 rings (SSSR count). The number of rotatable bonds is 5. The first-order valence-corrected chi connectivity index (χ1v) is 12.6. The lowest BCUT2D eigenvalue weighted by molar-refractivity contribution is -0.0510. The van der Waals surface area contributed by atoms with Gasteiger partial charge in [-0.15, -0.1) is 0 Å². The van der Waals surface area contributed by atoms with E-state index < -0.39 is 10.6 Å². The van der Waals surface area contributed by atoms with Crippen LogP contribution in [0.15, 0.2) is 53.4 Å². The normalized spacial score (nSPS) is 20.2. The second-order valence-electron chi connectivity index (χ2n) is 8.82. The number of hydrogen-bond acceptors (Lipinski definition) is 7. The van der Waals surface area contributed by atoms with Gasteiger partial charge in [-0.25, -0.2) is 4.98 Å². The molecule has 1 aromatic heterocycles. The highest BCUT2D eigenvalue weighted by Gasteiger charge is 2.38. The lowest BCUT2D eigenvalue weighted by Gasteiger charge is -2.43. The third kappa shape index (κ3) is 3.93. The van der Waals surface area contributed by atoms with Crippen LogP contribution in [0.5, 0.6) is 0 Å². The number of aromatic nitrogens is 1.